The lowest BCUT2D eigenvalue weighted by atomic mass is 10.2. The van der Waals surface area contributed by atoms with Gasteiger partial charge in [0, 0.05) is 6.21 Å². The summed E-state index contributed by atoms with van der Waals surface area (Å²) in [5.74, 6) is -0.476. The molecule has 0 aliphatic carbocycles. The molecule has 1 aromatic carbocycles. The molecular formula is C11H13ClFNOS. The van der Waals surface area contributed by atoms with Gasteiger partial charge in [-0.05, 0) is 38.5 Å². The Kier molecular flexibility index (Phi) is 4.21. The minimum Gasteiger partial charge on any atom is -0.234 e. The van der Waals surface area contributed by atoms with Gasteiger partial charge in [-0.1, -0.05) is 17.7 Å². The number of nitrogens with zero attached hydrogens (tertiary/aromatic N) is 1. The molecular weight excluding hydrogens is 249 g/mol. The highest BCUT2D eigenvalue weighted by atomic mass is 35.5. The summed E-state index contributed by atoms with van der Waals surface area (Å²) in [7, 11) is -1.32. The van der Waals surface area contributed by atoms with E-state index in [1.165, 1.54) is 24.4 Å². The molecule has 0 unspecified atom stereocenters. The molecule has 0 bridgehead atoms. The van der Waals surface area contributed by atoms with Gasteiger partial charge in [0.1, 0.15) is 16.8 Å². The van der Waals surface area contributed by atoms with Gasteiger partial charge >= 0.3 is 0 Å². The molecule has 0 N–H and O–H groups in total. The third-order valence-corrected chi connectivity index (χ3v) is 3.40. The monoisotopic (exact) mass is 261 g/mol. The summed E-state index contributed by atoms with van der Waals surface area (Å²) in [5.41, 5.74) is 0.629. The van der Waals surface area contributed by atoms with Crippen molar-refractivity contribution in [3.05, 3.63) is 34.6 Å². The second-order valence-corrected chi connectivity index (χ2v) is 6.61. The van der Waals surface area contributed by atoms with Crippen molar-refractivity contribution in [1.29, 1.82) is 0 Å². The van der Waals surface area contributed by atoms with E-state index in [0.717, 1.165) is 0 Å². The second kappa shape index (κ2) is 5.06. The number of hydrogen-bond acceptors (Lipinski definition) is 1. The molecule has 0 radical (unpaired) electrons. The maximum absolute atomic E-state index is 12.9. The molecule has 0 amide bonds. The van der Waals surface area contributed by atoms with Gasteiger partial charge in [0.2, 0.25) is 0 Å². The maximum atomic E-state index is 12.9. The van der Waals surface area contributed by atoms with Crippen LogP contribution >= 0.6 is 11.6 Å². The third kappa shape index (κ3) is 3.68. The van der Waals surface area contributed by atoms with E-state index in [1.807, 2.05) is 20.8 Å². The zero-order valence-corrected chi connectivity index (χ0v) is 10.9. The summed E-state index contributed by atoms with van der Waals surface area (Å²) in [5, 5.41) is 0.0329. The van der Waals surface area contributed by atoms with E-state index in [2.05, 4.69) is 4.40 Å². The van der Waals surface area contributed by atoms with Gasteiger partial charge in [0.15, 0.2) is 0 Å². The Morgan fingerprint density at radius 2 is 2.06 bits per heavy atom. The molecule has 0 saturated carbocycles. The third-order valence-electron chi connectivity index (χ3n) is 1.77. The Morgan fingerprint density at radius 3 is 2.56 bits per heavy atom. The number of halogens is 2. The zero-order valence-electron chi connectivity index (χ0n) is 9.33. The fourth-order valence-corrected chi connectivity index (χ4v) is 1.58. The topological polar surface area (TPSA) is 29.4 Å². The van der Waals surface area contributed by atoms with E-state index in [-0.39, 0.29) is 5.02 Å². The Morgan fingerprint density at radius 1 is 1.44 bits per heavy atom. The zero-order chi connectivity index (χ0) is 12.3. The highest BCUT2D eigenvalue weighted by Crippen LogP contribution is 2.16. The van der Waals surface area contributed by atoms with Gasteiger partial charge in [-0.2, -0.15) is 4.40 Å². The van der Waals surface area contributed by atoms with E-state index < -0.39 is 21.5 Å². The molecule has 0 fully saturated rings. The summed E-state index contributed by atoms with van der Waals surface area (Å²) in [6, 6.07) is 4.23. The van der Waals surface area contributed by atoms with E-state index >= 15 is 0 Å². The Bertz CT molecular complexity index is 440. The van der Waals surface area contributed by atoms with Crippen LogP contribution in [-0.2, 0) is 11.0 Å². The van der Waals surface area contributed by atoms with Crippen LogP contribution in [0.2, 0.25) is 5.02 Å². The van der Waals surface area contributed by atoms with Crippen molar-refractivity contribution in [2.75, 3.05) is 0 Å². The second-order valence-electron chi connectivity index (χ2n) is 4.27. The lowest BCUT2D eigenvalue weighted by Crippen LogP contribution is -2.19. The smallest absolute Gasteiger partial charge is 0.144 e. The lowest BCUT2D eigenvalue weighted by Gasteiger charge is -2.12. The summed E-state index contributed by atoms with van der Waals surface area (Å²) in [6.45, 7) is 5.49. The molecule has 0 saturated heterocycles. The van der Waals surface area contributed by atoms with Crippen molar-refractivity contribution in [3.8, 4) is 0 Å². The van der Waals surface area contributed by atoms with Gasteiger partial charge in [0.05, 0.1) is 9.77 Å². The Hall–Kier alpha value is -0.740. The fraction of sp³-hybridized carbons (Fsp3) is 0.364. The van der Waals surface area contributed by atoms with Crippen LogP contribution < -0.4 is 0 Å². The van der Waals surface area contributed by atoms with Crippen LogP contribution in [-0.4, -0.2) is 15.2 Å². The van der Waals surface area contributed by atoms with Crippen LogP contribution in [0, 0.1) is 5.82 Å². The molecule has 1 atom stereocenters. The van der Waals surface area contributed by atoms with Crippen molar-refractivity contribution in [2.45, 2.75) is 25.5 Å². The molecule has 1 rings (SSSR count). The Balaban J connectivity index is 2.85. The van der Waals surface area contributed by atoms with Crippen molar-refractivity contribution in [3.63, 3.8) is 0 Å². The SMILES string of the molecule is CC(C)(C)[S@](=O)N=Cc1ccc(F)c(Cl)c1. The van der Waals surface area contributed by atoms with E-state index in [4.69, 9.17) is 11.6 Å². The largest absolute Gasteiger partial charge is 0.234 e. The molecule has 0 aliphatic rings. The summed E-state index contributed by atoms with van der Waals surface area (Å²) >= 11 is 5.61. The minimum absolute atomic E-state index is 0.0329. The summed E-state index contributed by atoms with van der Waals surface area (Å²) < 4.78 is 27.9. The summed E-state index contributed by atoms with van der Waals surface area (Å²) in [6.07, 6.45) is 1.44. The molecule has 0 aliphatic heterocycles. The van der Waals surface area contributed by atoms with Crippen LogP contribution in [0.15, 0.2) is 22.6 Å². The minimum atomic E-state index is -1.32. The molecule has 0 spiro atoms. The first-order valence-corrected chi connectivity index (χ1v) is 6.20. The van der Waals surface area contributed by atoms with Crippen molar-refractivity contribution in [2.24, 2.45) is 4.40 Å². The first-order valence-electron chi connectivity index (χ1n) is 4.72. The first kappa shape index (κ1) is 13.3. The molecule has 2 nitrogen and oxygen atoms in total. The van der Waals surface area contributed by atoms with Crippen LogP contribution in [0.25, 0.3) is 0 Å². The highest BCUT2D eigenvalue weighted by molar-refractivity contribution is 7.85. The predicted octanol–water partition coefficient (Wildman–Crippen LogP) is 3.36. The molecule has 88 valence electrons. The van der Waals surface area contributed by atoms with Crippen LogP contribution in [0.5, 0.6) is 0 Å². The molecule has 0 heterocycles. The van der Waals surface area contributed by atoms with Gasteiger partial charge < -0.3 is 0 Å². The van der Waals surface area contributed by atoms with E-state index in [0.29, 0.717) is 5.56 Å². The number of hydrogen-bond donors (Lipinski definition) is 0. The van der Waals surface area contributed by atoms with E-state index in [9.17, 15) is 8.60 Å². The lowest BCUT2D eigenvalue weighted by molar-refractivity contribution is 0.628. The quantitative estimate of drug-likeness (QED) is 0.751. The summed E-state index contributed by atoms with van der Waals surface area (Å²) in [4.78, 5) is 0. The van der Waals surface area contributed by atoms with Crippen LogP contribution in [0.3, 0.4) is 0 Å². The van der Waals surface area contributed by atoms with Gasteiger partial charge in [-0.25, -0.2) is 8.60 Å². The molecule has 1 aromatic rings. The van der Waals surface area contributed by atoms with E-state index in [1.54, 1.807) is 0 Å². The fourth-order valence-electron chi connectivity index (χ4n) is 0.860. The standard InChI is InChI=1S/C11H13ClFNOS/c1-11(2,3)16(15)14-7-8-4-5-10(13)9(12)6-8/h4-7H,1-3H3/t16-/m0/s1. The first-order chi connectivity index (χ1) is 7.30. The highest BCUT2D eigenvalue weighted by Gasteiger charge is 2.18. The van der Waals surface area contributed by atoms with Crippen LogP contribution in [0.4, 0.5) is 4.39 Å². The average molecular weight is 262 g/mol. The molecule has 5 heteroatoms. The predicted molar refractivity (Wildman–Crippen MR) is 66.9 cm³/mol. The maximum Gasteiger partial charge on any atom is 0.144 e. The normalized spacial score (nSPS) is 14.3. The van der Waals surface area contributed by atoms with Crippen molar-refractivity contribution < 1.29 is 8.60 Å². The van der Waals surface area contributed by atoms with Crippen molar-refractivity contribution >= 4 is 28.8 Å². The number of rotatable bonds is 2. The number of benzene rings is 1. The van der Waals surface area contributed by atoms with Crippen molar-refractivity contribution in [1.82, 2.24) is 0 Å². The van der Waals surface area contributed by atoms with Crippen LogP contribution in [0.1, 0.15) is 26.3 Å². The van der Waals surface area contributed by atoms with Gasteiger partial charge in [-0.3, -0.25) is 0 Å². The average Bonchev–Trinajstić information content (AvgIpc) is 2.18. The van der Waals surface area contributed by atoms with Gasteiger partial charge in [0.25, 0.3) is 0 Å². The Labute approximate surface area is 102 Å². The molecule has 0 aromatic heterocycles. The van der Waals surface area contributed by atoms with Gasteiger partial charge in [-0.15, -0.1) is 0 Å². The molecule has 16 heavy (non-hydrogen) atoms.